The van der Waals surface area contributed by atoms with Gasteiger partial charge >= 0.3 is 0 Å². The highest BCUT2D eigenvalue weighted by Crippen LogP contribution is 2.17. The Morgan fingerprint density at radius 2 is 1.85 bits per heavy atom. The van der Waals surface area contributed by atoms with Crippen LogP contribution in [0.3, 0.4) is 0 Å². The van der Waals surface area contributed by atoms with Crippen LogP contribution in [-0.4, -0.2) is 21.7 Å². The molecule has 0 aliphatic rings. The summed E-state index contributed by atoms with van der Waals surface area (Å²) >= 11 is 0. The molecule has 0 bridgehead atoms. The number of halogens is 1. The Kier molecular flexibility index (Phi) is 5.46. The van der Waals surface area contributed by atoms with E-state index in [0.717, 1.165) is 12.8 Å². The number of amides is 1. The number of carbonyl (C=O) groups is 1. The van der Waals surface area contributed by atoms with Gasteiger partial charge in [0.2, 0.25) is 0 Å². The average molecular weight is 351 g/mol. The molecule has 1 atom stereocenters. The first-order valence-corrected chi connectivity index (χ1v) is 8.70. The van der Waals surface area contributed by atoms with Gasteiger partial charge in [-0.1, -0.05) is 42.5 Å². The van der Waals surface area contributed by atoms with E-state index in [1.807, 2.05) is 25.1 Å². The number of nitrogens with zero attached hydrogens (tertiary/aromatic N) is 2. The van der Waals surface area contributed by atoms with Gasteiger partial charge in [0.15, 0.2) is 0 Å². The Morgan fingerprint density at radius 3 is 2.58 bits per heavy atom. The normalized spacial score (nSPS) is 12.0. The lowest BCUT2D eigenvalue weighted by Crippen LogP contribution is -2.33. The Bertz CT molecular complexity index is 889. The van der Waals surface area contributed by atoms with Crippen molar-refractivity contribution in [3.05, 3.63) is 83.4 Å². The second-order valence-electron chi connectivity index (χ2n) is 6.41. The lowest BCUT2D eigenvalue weighted by molar-refractivity contribution is 0.0938. The van der Waals surface area contributed by atoms with Crippen molar-refractivity contribution in [1.82, 2.24) is 15.1 Å². The molecule has 4 nitrogen and oxygen atoms in total. The van der Waals surface area contributed by atoms with Crippen LogP contribution in [0.15, 0.2) is 60.8 Å². The Balaban J connectivity index is 1.66. The minimum Gasteiger partial charge on any atom is -0.349 e. The van der Waals surface area contributed by atoms with Gasteiger partial charge in [0.25, 0.3) is 5.91 Å². The molecule has 1 heterocycles. The molecule has 5 heteroatoms. The summed E-state index contributed by atoms with van der Waals surface area (Å²) in [6.07, 6.45) is 3.23. The summed E-state index contributed by atoms with van der Waals surface area (Å²) in [6.45, 7) is 3.75. The van der Waals surface area contributed by atoms with Gasteiger partial charge in [-0.3, -0.25) is 4.79 Å². The molecular weight excluding hydrogens is 329 g/mol. The quantitative estimate of drug-likeness (QED) is 0.728. The molecule has 0 saturated carbocycles. The van der Waals surface area contributed by atoms with Crippen molar-refractivity contribution in [3.8, 4) is 5.69 Å². The lowest BCUT2D eigenvalue weighted by Gasteiger charge is -2.14. The van der Waals surface area contributed by atoms with Crippen LogP contribution in [0.4, 0.5) is 4.39 Å². The highest BCUT2D eigenvalue weighted by Gasteiger charge is 2.18. The monoisotopic (exact) mass is 351 g/mol. The summed E-state index contributed by atoms with van der Waals surface area (Å²) in [5.41, 5.74) is 2.65. The van der Waals surface area contributed by atoms with E-state index < -0.39 is 0 Å². The van der Waals surface area contributed by atoms with Crippen LogP contribution in [0.1, 0.15) is 35.0 Å². The largest absolute Gasteiger partial charge is 0.349 e. The summed E-state index contributed by atoms with van der Waals surface area (Å²) < 4.78 is 15.4. The van der Waals surface area contributed by atoms with E-state index in [1.165, 1.54) is 22.5 Å². The third-order valence-electron chi connectivity index (χ3n) is 4.42. The van der Waals surface area contributed by atoms with Gasteiger partial charge < -0.3 is 5.32 Å². The second-order valence-corrected chi connectivity index (χ2v) is 6.41. The molecule has 0 spiro atoms. The number of aromatic nitrogens is 2. The molecule has 134 valence electrons. The number of rotatable bonds is 6. The molecule has 1 amide bonds. The number of para-hydroxylation sites is 1. The highest BCUT2D eigenvalue weighted by atomic mass is 19.1. The fourth-order valence-electron chi connectivity index (χ4n) is 2.90. The first-order valence-electron chi connectivity index (χ1n) is 8.70. The number of hydrogen-bond acceptors (Lipinski definition) is 2. The minimum absolute atomic E-state index is 0.0268. The van der Waals surface area contributed by atoms with Crippen LogP contribution in [0.5, 0.6) is 0 Å². The molecule has 3 aromatic rings. The summed E-state index contributed by atoms with van der Waals surface area (Å²) in [4.78, 5) is 12.6. The first kappa shape index (κ1) is 17.9. The molecule has 1 N–H and O–H groups in total. The van der Waals surface area contributed by atoms with Crippen molar-refractivity contribution in [2.75, 3.05) is 0 Å². The molecule has 0 aliphatic heterocycles. The predicted molar refractivity (Wildman–Crippen MR) is 100.0 cm³/mol. The van der Waals surface area contributed by atoms with Gasteiger partial charge in [0, 0.05) is 6.04 Å². The predicted octanol–water partition coefficient (Wildman–Crippen LogP) is 4.07. The fourth-order valence-corrected chi connectivity index (χ4v) is 2.90. The average Bonchev–Trinajstić information content (AvgIpc) is 3.03. The number of nitrogens with one attached hydrogen (secondary N) is 1. The van der Waals surface area contributed by atoms with Gasteiger partial charge in [-0.15, -0.1) is 0 Å². The van der Waals surface area contributed by atoms with Crippen molar-refractivity contribution in [3.63, 3.8) is 0 Å². The standard InChI is InChI=1S/C21H22FN3O/c1-15(12-13-17-8-4-3-5-9-17)24-21(26)18-14-23-25(16(18)2)20-11-7-6-10-19(20)22/h3-11,14-15H,12-13H2,1-2H3,(H,24,26)/t15-/m1/s1. The van der Waals surface area contributed by atoms with Gasteiger partial charge in [0.05, 0.1) is 17.5 Å². The van der Waals surface area contributed by atoms with Crippen molar-refractivity contribution >= 4 is 5.91 Å². The molecule has 0 aliphatic carbocycles. The smallest absolute Gasteiger partial charge is 0.254 e. The van der Waals surface area contributed by atoms with Gasteiger partial charge in [0.1, 0.15) is 11.5 Å². The van der Waals surface area contributed by atoms with E-state index in [0.29, 0.717) is 16.9 Å². The van der Waals surface area contributed by atoms with Crippen LogP contribution in [0, 0.1) is 12.7 Å². The minimum atomic E-state index is -0.373. The summed E-state index contributed by atoms with van der Waals surface area (Å²) in [6, 6.07) is 16.6. The van der Waals surface area contributed by atoms with E-state index in [1.54, 1.807) is 25.1 Å². The summed E-state index contributed by atoms with van der Waals surface area (Å²) in [5, 5.41) is 7.19. The van der Waals surface area contributed by atoms with Crippen molar-refractivity contribution in [2.24, 2.45) is 0 Å². The molecule has 0 radical (unpaired) electrons. The maximum atomic E-state index is 14.0. The van der Waals surface area contributed by atoms with Crippen LogP contribution in [0.2, 0.25) is 0 Å². The third-order valence-corrected chi connectivity index (χ3v) is 4.42. The maximum absolute atomic E-state index is 14.0. The molecule has 0 fully saturated rings. The zero-order valence-electron chi connectivity index (χ0n) is 14.9. The van der Waals surface area contributed by atoms with Crippen LogP contribution in [0.25, 0.3) is 5.69 Å². The highest BCUT2D eigenvalue weighted by molar-refractivity contribution is 5.95. The maximum Gasteiger partial charge on any atom is 0.254 e. The molecule has 1 aromatic heterocycles. The van der Waals surface area contributed by atoms with Crippen molar-refractivity contribution in [1.29, 1.82) is 0 Å². The van der Waals surface area contributed by atoms with E-state index in [-0.39, 0.29) is 17.8 Å². The molecule has 26 heavy (non-hydrogen) atoms. The van der Waals surface area contributed by atoms with Crippen LogP contribution < -0.4 is 5.32 Å². The van der Waals surface area contributed by atoms with Crippen molar-refractivity contribution in [2.45, 2.75) is 32.7 Å². The Labute approximate surface area is 152 Å². The Morgan fingerprint density at radius 1 is 1.15 bits per heavy atom. The molecule has 0 unspecified atom stereocenters. The molecule has 2 aromatic carbocycles. The zero-order chi connectivity index (χ0) is 18.5. The van der Waals surface area contributed by atoms with Crippen LogP contribution in [-0.2, 0) is 6.42 Å². The van der Waals surface area contributed by atoms with E-state index in [2.05, 4.69) is 22.5 Å². The number of hydrogen-bond donors (Lipinski definition) is 1. The van der Waals surface area contributed by atoms with Crippen LogP contribution >= 0.6 is 0 Å². The van der Waals surface area contributed by atoms with E-state index in [4.69, 9.17) is 0 Å². The van der Waals surface area contributed by atoms with Gasteiger partial charge in [-0.25, -0.2) is 9.07 Å². The summed E-state index contributed by atoms with van der Waals surface area (Å²) in [5.74, 6) is -0.562. The van der Waals surface area contributed by atoms with Crippen molar-refractivity contribution < 1.29 is 9.18 Å². The fraction of sp³-hybridized carbons (Fsp3) is 0.238. The topological polar surface area (TPSA) is 46.9 Å². The third kappa shape index (κ3) is 3.99. The van der Waals surface area contributed by atoms with E-state index >= 15 is 0 Å². The molecule has 3 rings (SSSR count). The lowest BCUT2D eigenvalue weighted by atomic mass is 10.1. The number of carbonyl (C=O) groups excluding carboxylic acids is 1. The molecule has 0 saturated heterocycles. The second kappa shape index (κ2) is 7.95. The molecular formula is C21H22FN3O. The SMILES string of the molecule is Cc1c(C(=O)N[C@H](C)CCc2ccccc2)cnn1-c1ccccc1F. The number of benzene rings is 2. The Hall–Kier alpha value is -2.95. The van der Waals surface area contributed by atoms with Gasteiger partial charge in [-0.2, -0.15) is 5.10 Å². The van der Waals surface area contributed by atoms with Gasteiger partial charge in [-0.05, 0) is 44.4 Å². The van der Waals surface area contributed by atoms with E-state index in [9.17, 15) is 9.18 Å². The number of aryl methyl sites for hydroxylation is 1. The zero-order valence-corrected chi connectivity index (χ0v) is 14.9. The first-order chi connectivity index (χ1) is 12.6. The summed E-state index contributed by atoms with van der Waals surface area (Å²) in [7, 11) is 0.